The number of nitrogens with zero attached hydrogens (tertiary/aromatic N) is 1. The van der Waals surface area contributed by atoms with Crippen molar-refractivity contribution < 1.29 is 0 Å². The van der Waals surface area contributed by atoms with E-state index < -0.39 is 0 Å². The van der Waals surface area contributed by atoms with Crippen LogP contribution in [0.5, 0.6) is 0 Å². The van der Waals surface area contributed by atoms with E-state index >= 15 is 0 Å². The van der Waals surface area contributed by atoms with Gasteiger partial charge in [-0.2, -0.15) is 0 Å². The highest BCUT2D eigenvalue weighted by Gasteiger charge is 2.13. The SMILES string of the molecule is Cc1ccc(C)c(-c2nc(C(C)C)[nH]c(=O)c2C)c1. The molecule has 0 aliphatic heterocycles. The van der Waals surface area contributed by atoms with Crippen LogP contribution in [0, 0.1) is 20.8 Å². The second kappa shape index (κ2) is 5.00. The van der Waals surface area contributed by atoms with Gasteiger partial charge in [0.05, 0.1) is 5.69 Å². The number of aromatic nitrogens is 2. The normalized spacial score (nSPS) is 11.1. The van der Waals surface area contributed by atoms with Crippen LogP contribution in [-0.4, -0.2) is 9.97 Å². The number of hydrogen-bond donors (Lipinski definition) is 1. The third-order valence-electron chi connectivity index (χ3n) is 3.36. The van der Waals surface area contributed by atoms with E-state index in [-0.39, 0.29) is 11.5 Å². The fraction of sp³-hybridized carbons (Fsp3) is 0.375. The lowest BCUT2D eigenvalue weighted by Crippen LogP contribution is -2.17. The topological polar surface area (TPSA) is 45.8 Å². The first-order valence-corrected chi connectivity index (χ1v) is 6.58. The van der Waals surface area contributed by atoms with E-state index in [0.29, 0.717) is 5.56 Å². The Morgan fingerprint density at radius 1 is 1.16 bits per heavy atom. The van der Waals surface area contributed by atoms with E-state index in [0.717, 1.165) is 22.6 Å². The highest BCUT2D eigenvalue weighted by molar-refractivity contribution is 5.67. The van der Waals surface area contributed by atoms with Gasteiger partial charge in [-0.25, -0.2) is 4.98 Å². The predicted molar refractivity (Wildman–Crippen MR) is 78.6 cm³/mol. The van der Waals surface area contributed by atoms with Crippen LogP contribution in [0.15, 0.2) is 23.0 Å². The molecule has 1 aromatic heterocycles. The van der Waals surface area contributed by atoms with Crippen LogP contribution in [0.25, 0.3) is 11.3 Å². The van der Waals surface area contributed by atoms with Gasteiger partial charge in [-0.3, -0.25) is 4.79 Å². The van der Waals surface area contributed by atoms with Crippen molar-refractivity contribution in [1.82, 2.24) is 9.97 Å². The van der Waals surface area contributed by atoms with Crippen LogP contribution in [-0.2, 0) is 0 Å². The Morgan fingerprint density at radius 3 is 2.47 bits per heavy atom. The van der Waals surface area contributed by atoms with Crippen LogP contribution in [0.2, 0.25) is 0 Å². The van der Waals surface area contributed by atoms with Gasteiger partial charge in [0.25, 0.3) is 5.56 Å². The molecule has 1 N–H and O–H groups in total. The number of aryl methyl sites for hydroxylation is 2. The molecule has 3 nitrogen and oxygen atoms in total. The van der Waals surface area contributed by atoms with E-state index in [2.05, 4.69) is 35.1 Å². The summed E-state index contributed by atoms with van der Waals surface area (Å²) in [4.78, 5) is 19.5. The monoisotopic (exact) mass is 256 g/mol. The average molecular weight is 256 g/mol. The van der Waals surface area contributed by atoms with Gasteiger partial charge in [-0.05, 0) is 32.4 Å². The second-order valence-electron chi connectivity index (χ2n) is 5.40. The molecule has 0 spiro atoms. The largest absolute Gasteiger partial charge is 0.310 e. The summed E-state index contributed by atoms with van der Waals surface area (Å²) in [5, 5.41) is 0. The molecule has 2 aromatic rings. The van der Waals surface area contributed by atoms with Crippen molar-refractivity contribution in [2.45, 2.75) is 40.5 Å². The number of hydrogen-bond acceptors (Lipinski definition) is 2. The molecule has 2 rings (SSSR count). The molecule has 0 fully saturated rings. The van der Waals surface area contributed by atoms with E-state index in [1.165, 1.54) is 5.56 Å². The highest BCUT2D eigenvalue weighted by Crippen LogP contribution is 2.25. The number of benzene rings is 1. The van der Waals surface area contributed by atoms with Gasteiger partial charge in [0, 0.05) is 17.0 Å². The van der Waals surface area contributed by atoms with Crippen LogP contribution in [0.3, 0.4) is 0 Å². The summed E-state index contributed by atoms with van der Waals surface area (Å²) in [5.74, 6) is 0.948. The van der Waals surface area contributed by atoms with Crippen molar-refractivity contribution in [2.24, 2.45) is 0 Å². The molecule has 3 heteroatoms. The summed E-state index contributed by atoms with van der Waals surface area (Å²) in [6.45, 7) is 9.98. The molecule has 1 aromatic carbocycles. The molecule has 0 bridgehead atoms. The zero-order valence-electron chi connectivity index (χ0n) is 12.2. The summed E-state index contributed by atoms with van der Waals surface area (Å²) in [6, 6.07) is 6.24. The predicted octanol–water partition coefficient (Wildman–Crippen LogP) is 3.49. The minimum atomic E-state index is -0.0467. The maximum Gasteiger partial charge on any atom is 0.254 e. The first-order chi connectivity index (χ1) is 8.90. The Hall–Kier alpha value is -1.90. The summed E-state index contributed by atoms with van der Waals surface area (Å²) >= 11 is 0. The Labute approximate surface area is 113 Å². The number of H-pyrrole nitrogens is 1. The molecule has 1 heterocycles. The van der Waals surface area contributed by atoms with Gasteiger partial charge in [0.1, 0.15) is 5.82 Å². The zero-order valence-corrected chi connectivity index (χ0v) is 12.2. The molecule has 100 valence electrons. The van der Waals surface area contributed by atoms with Crippen molar-refractivity contribution in [2.75, 3.05) is 0 Å². The molecule has 0 saturated heterocycles. The smallest absolute Gasteiger partial charge is 0.254 e. The van der Waals surface area contributed by atoms with Crippen molar-refractivity contribution in [3.05, 3.63) is 51.1 Å². The highest BCUT2D eigenvalue weighted by atomic mass is 16.1. The molecule has 0 unspecified atom stereocenters. The molecule has 0 atom stereocenters. The minimum absolute atomic E-state index is 0.0467. The van der Waals surface area contributed by atoms with E-state index in [1.54, 1.807) is 0 Å². The Bertz CT molecular complexity index is 669. The second-order valence-corrected chi connectivity index (χ2v) is 5.40. The van der Waals surface area contributed by atoms with Crippen molar-refractivity contribution in [3.8, 4) is 11.3 Å². The Balaban J connectivity index is 2.74. The van der Waals surface area contributed by atoms with Crippen LogP contribution in [0.1, 0.15) is 42.3 Å². The van der Waals surface area contributed by atoms with Crippen LogP contribution < -0.4 is 5.56 Å². The van der Waals surface area contributed by atoms with Gasteiger partial charge >= 0.3 is 0 Å². The lowest BCUT2D eigenvalue weighted by molar-refractivity contribution is 0.764. The van der Waals surface area contributed by atoms with Crippen LogP contribution in [0.4, 0.5) is 0 Å². The fourth-order valence-electron chi connectivity index (χ4n) is 2.08. The molecule has 0 aliphatic carbocycles. The van der Waals surface area contributed by atoms with E-state index in [4.69, 9.17) is 0 Å². The molecule has 19 heavy (non-hydrogen) atoms. The number of rotatable bonds is 2. The maximum atomic E-state index is 12.0. The molecule has 0 saturated carbocycles. The van der Waals surface area contributed by atoms with Gasteiger partial charge in [0.15, 0.2) is 0 Å². The standard InChI is InChI=1S/C16H20N2O/c1-9(2)15-17-14(12(5)16(19)18-15)13-8-10(3)6-7-11(13)4/h6-9H,1-5H3,(H,17,18,19). The lowest BCUT2D eigenvalue weighted by atomic mass is 10.00. The molecular formula is C16H20N2O. The summed E-state index contributed by atoms with van der Waals surface area (Å²) < 4.78 is 0. The molecular weight excluding hydrogens is 236 g/mol. The third-order valence-corrected chi connectivity index (χ3v) is 3.36. The average Bonchev–Trinajstić information content (AvgIpc) is 2.35. The first kappa shape index (κ1) is 13.5. The van der Waals surface area contributed by atoms with Gasteiger partial charge < -0.3 is 4.98 Å². The van der Waals surface area contributed by atoms with Crippen LogP contribution >= 0.6 is 0 Å². The van der Waals surface area contributed by atoms with Gasteiger partial charge in [-0.15, -0.1) is 0 Å². The van der Waals surface area contributed by atoms with E-state index in [1.807, 2.05) is 27.7 Å². The lowest BCUT2D eigenvalue weighted by Gasteiger charge is -2.12. The zero-order chi connectivity index (χ0) is 14.2. The molecule has 0 amide bonds. The Kier molecular flexibility index (Phi) is 3.56. The van der Waals surface area contributed by atoms with Gasteiger partial charge in [-0.1, -0.05) is 31.5 Å². The number of aromatic amines is 1. The first-order valence-electron chi connectivity index (χ1n) is 6.58. The van der Waals surface area contributed by atoms with Crippen molar-refractivity contribution in [3.63, 3.8) is 0 Å². The third kappa shape index (κ3) is 2.60. The van der Waals surface area contributed by atoms with Crippen molar-refractivity contribution in [1.29, 1.82) is 0 Å². The summed E-state index contributed by atoms with van der Waals surface area (Å²) in [7, 11) is 0. The summed E-state index contributed by atoms with van der Waals surface area (Å²) in [5.41, 5.74) is 4.79. The Morgan fingerprint density at radius 2 is 1.84 bits per heavy atom. The van der Waals surface area contributed by atoms with Crippen molar-refractivity contribution >= 4 is 0 Å². The quantitative estimate of drug-likeness (QED) is 0.894. The summed E-state index contributed by atoms with van der Waals surface area (Å²) in [6.07, 6.45) is 0. The minimum Gasteiger partial charge on any atom is -0.310 e. The fourth-order valence-corrected chi connectivity index (χ4v) is 2.08. The van der Waals surface area contributed by atoms with E-state index in [9.17, 15) is 4.79 Å². The molecule has 0 radical (unpaired) electrons. The number of nitrogens with one attached hydrogen (secondary N) is 1. The maximum absolute atomic E-state index is 12.0. The van der Waals surface area contributed by atoms with Gasteiger partial charge in [0.2, 0.25) is 0 Å². The molecule has 0 aliphatic rings.